The number of benzene rings is 1. The largest absolute Gasteiger partial charge is 0.373 e. The molecule has 1 rings (SSSR count). The average molecular weight is 390 g/mol. The van der Waals surface area contributed by atoms with Crippen LogP contribution in [0.15, 0.2) is 30.3 Å². The first-order valence-electron chi connectivity index (χ1n) is 12.0. The van der Waals surface area contributed by atoms with E-state index in [0.717, 1.165) is 12.8 Å². The van der Waals surface area contributed by atoms with Crippen molar-refractivity contribution in [3.8, 4) is 0 Å². The Bertz CT molecular complexity index is 418. The molecule has 28 heavy (non-hydrogen) atoms. The summed E-state index contributed by atoms with van der Waals surface area (Å²) in [5.41, 5.74) is 1.24. The second-order valence-corrected chi connectivity index (χ2v) is 8.00. The number of unbranched alkanes of at least 4 members (excludes halogenated alkanes) is 11. The van der Waals surface area contributed by atoms with Gasteiger partial charge in [0.05, 0.1) is 25.9 Å². The maximum atomic E-state index is 6.13. The molecule has 0 saturated heterocycles. The van der Waals surface area contributed by atoms with Gasteiger partial charge in [-0.2, -0.15) is 0 Å². The smallest absolute Gasteiger partial charge is 0.0835 e. The standard InChI is InChI=1S/C26H45O2/c1-3-5-6-7-8-9-10-11-12-13-14-18-21-26(24-27-22-4-2)28-23-25-19-16-15-17-20-25/h15-17,19-20,22,26H,3-14,18,21,23-24H2,1-2H3. The zero-order valence-corrected chi connectivity index (χ0v) is 18.7. The van der Waals surface area contributed by atoms with Crippen LogP contribution in [-0.2, 0) is 16.1 Å². The molecule has 161 valence electrons. The van der Waals surface area contributed by atoms with Crippen molar-refractivity contribution in [2.75, 3.05) is 6.61 Å². The Morgan fingerprint density at radius 2 is 1.32 bits per heavy atom. The zero-order valence-electron chi connectivity index (χ0n) is 18.7. The molecule has 0 aliphatic rings. The molecule has 1 aromatic carbocycles. The molecule has 0 aliphatic carbocycles. The van der Waals surface area contributed by atoms with Crippen LogP contribution in [0.4, 0.5) is 0 Å². The third-order valence-corrected chi connectivity index (χ3v) is 5.27. The number of hydrogen-bond acceptors (Lipinski definition) is 2. The first-order chi connectivity index (χ1) is 13.9. The van der Waals surface area contributed by atoms with E-state index in [1.165, 1.54) is 82.6 Å². The summed E-state index contributed by atoms with van der Waals surface area (Å²) in [6.07, 6.45) is 18.9. The summed E-state index contributed by atoms with van der Waals surface area (Å²) in [5.74, 6) is 0. The third kappa shape index (κ3) is 15.1. The summed E-state index contributed by atoms with van der Waals surface area (Å²) >= 11 is 0. The van der Waals surface area contributed by atoms with Gasteiger partial charge in [0, 0.05) is 0 Å². The van der Waals surface area contributed by atoms with Gasteiger partial charge in [0.25, 0.3) is 0 Å². The molecule has 1 radical (unpaired) electrons. The number of ether oxygens (including phenoxy) is 2. The van der Waals surface area contributed by atoms with Crippen molar-refractivity contribution >= 4 is 0 Å². The molecular weight excluding hydrogens is 344 g/mol. The highest BCUT2D eigenvalue weighted by molar-refractivity contribution is 5.13. The predicted molar refractivity (Wildman–Crippen MR) is 121 cm³/mol. The second kappa shape index (κ2) is 19.5. The molecule has 0 spiro atoms. The van der Waals surface area contributed by atoms with Crippen LogP contribution in [-0.4, -0.2) is 12.7 Å². The van der Waals surface area contributed by atoms with Crippen molar-refractivity contribution in [1.29, 1.82) is 0 Å². The van der Waals surface area contributed by atoms with E-state index < -0.39 is 0 Å². The van der Waals surface area contributed by atoms with Crippen LogP contribution >= 0.6 is 0 Å². The number of hydrogen-bond donors (Lipinski definition) is 0. The van der Waals surface area contributed by atoms with Crippen LogP contribution < -0.4 is 0 Å². The summed E-state index contributed by atoms with van der Waals surface area (Å²) < 4.78 is 11.8. The van der Waals surface area contributed by atoms with E-state index >= 15 is 0 Å². The van der Waals surface area contributed by atoms with Gasteiger partial charge in [-0.05, 0) is 18.4 Å². The molecule has 1 atom stereocenters. The normalized spacial score (nSPS) is 12.4. The van der Waals surface area contributed by atoms with E-state index in [4.69, 9.17) is 9.47 Å². The highest BCUT2D eigenvalue weighted by atomic mass is 16.5. The van der Waals surface area contributed by atoms with Crippen molar-refractivity contribution in [2.45, 2.75) is 116 Å². The molecule has 0 amide bonds. The zero-order chi connectivity index (χ0) is 20.1. The Morgan fingerprint density at radius 3 is 1.89 bits per heavy atom. The Hall–Kier alpha value is -0.860. The number of rotatable bonds is 20. The van der Waals surface area contributed by atoms with Crippen LogP contribution in [0.3, 0.4) is 0 Å². The Morgan fingerprint density at radius 1 is 0.750 bits per heavy atom. The minimum absolute atomic E-state index is 0.200. The fourth-order valence-electron chi connectivity index (χ4n) is 3.51. The van der Waals surface area contributed by atoms with Crippen LogP contribution in [0.1, 0.15) is 109 Å². The van der Waals surface area contributed by atoms with Crippen LogP contribution in [0.5, 0.6) is 0 Å². The second-order valence-electron chi connectivity index (χ2n) is 8.00. The average Bonchev–Trinajstić information content (AvgIpc) is 2.73. The summed E-state index contributed by atoms with van der Waals surface area (Å²) in [6.45, 7) is 7.64. The topological polar surface area (TPSA) is 18.5 Å². The van der Waals surface area contributed by atoms with Crippen molar-refractivity contribution in [3.63, 3.8) is 0 Å². The first-order valence-corrected chi connectivity index (χ1v) is 12.0. The van der Waals surface area contributed by atoms with Gasteiger partial charge < -0.3 is 9.47 Å². The molecule has 0 bridgehead atoms. The van der Waals surface area contributed by atoms with E-state index in [1.807, 2.05) is 12.7 Å². The Balaban J connectivity index is 2.03. The van der Waals surface area contributed by atoms with Gasteiger partial charge in [0.2, 0.25) is 0 Å². The molecule has 2 heteroatoms. The molecule has 1 unspecified atom stereocenters. The van der Waals surface area contributed by atoms with Crippen molar-refractivity contribution in [3.05, 3.63) is 42.5 Å². The Labute approximate surface area is 175 Å². The lowest BCUT2D eigenvalue weighted by Crippen LogP contribution is -2.19. The fraction of sp³-hybridized carbons (Fsp3) is 0.731. The monoisotopic (exact) mass is 389 g/mol. The van der Waals surface area contributed by atoms with E-state index in [-0.39, 0.29) is 6.10 Å². The van der Waals surface area contributed by atoms with Gasteiger partial charge in [-0.15, -0.1) is 0 Å². The summed E-state index contributed by atoms with van der Waals surface area (Å²) in [6, 6.07) is 10.4. The van der Waals surface area contributed by atoms with Crippen LogP contribution in [0.25, 0.3) is 0 Å². The minimum atomic E-state index is 0.200. The molecule has 0 N–H and O–H groups in total. The van der Waals surface area contributed by atoms with Crippen molar-refractivity contribution in [2.24, 2.45) is 0 Å². The van der Waals surface area contributed by atoms with Gasteiger partial charge in [-0.1, -0.05) is 121 Å². The molecule has 0 aromatic heterocycles. The Kier molecular flexibility index (Phi) is 17.5. The molecule has 2 nitrogen and oxygen atoms in total. The van der Waals surface area contributed by atoms with Crippen molar-refractivity contribution < 1.29 is 9.47 Å². The summed E-state index contributed by atoms with van der Waals surface area (Å²) in [4.78, 5) is 0. The van der Waals surface area contributed by atoms with E-state index in [2.05, 4.69) is 38.1 Å². The van der Waals surface area contributed by atoms with Gasteiger partial charge in [0.15, 0.2) is 0 Å². The lowest BCUT2D eigenvalue weighted by Gasteiger charge is -2.18. The molecule has 0 aliphatic heterocycles. The van der Waals surface area contributed by atoms with Crippen molar-refractivity contribution in [1.82, 2.24) is 0 Å². The summed E-state index contributed by atoms with van der Waals surface area (Å²) in [7, 11) is 0. The van der Waals surface area contributed by atoms with E-state index in [9.17, 15) is 0 Å². The van der Waals surface area contributed by atoms with Gasteiger partial charge in [-0.3, -0.25) is 0 Å². The molecule has 0 saturated carbocycles. The van der Waals surface area contributed by atoms with Gasteiger partial charge in [0.1, 0.15) is 0 Å². The molecular formula is C26H45O2. The third-order valence-electron chi connectivity index (χ3n) is 5.27. The first kappa shape index (κ1) is 25.2. The SMILES string of the molecule is CC[CH]OCC(CCCCCCCCCCCCCC)OCc1ccccc1. The quantitative estimate of drug-likeness (QED) is 0.209. The van der Waals surface area contributed by atoms with Gasteiger partial charge >= 0.3 is 0 Å². The molecule has 0 fully saturated rings. The molecule has 1 aromatic rings. The fourth-order valence-corrected chi connectivity index (χ4v) is 3.51. The van der Waals surface area contributed by atoms with E-state index in [1.54, 1.807) is 0 Å². The highest BCUT2D eigenvalue weighted by Gasteiger charge is 2.10. The predicted octanol–water partition coefficient (Wildman–Crippen LogP) is 8.25. The minimum Gasteiger partial charge on any atom is -0.373 e. The molecule has 0 heterocycles. The summed E-state index contributed by atoms with van der Waals surface area (Å²) in [5, 5.41) is 0. The van der Waals surface area contributed by atoms with Crippen LogP contribution in [0, 0.1) is 6.61 Å². The maximum absolute atomic E-state index is 6.13. The lowest BCUT2D eigenvalue weighted by atomic mass is 10.0. The van der Waals surface area contributed by atoms with Gasteiger partial charge in [-0.25, -0.2) is 0 Å². The maximum Gasteiger partial charge on any atom is 0.0835 e. The lowest BCUT2D eigenvalue weighted by molar-refractivity contribution is -0.0163. The highest BCUT2D eigenvalue weighted by Crippen LogP contribution is 2.15. The van der Waals surface area contributed by atoms with Crippen LogP contribution in [0.2, 0.25) is 0 Å². The van der Waals surface area contributed by atoms with E-state index in [0.29, 0.717) is 13.2 Å².